The van der Waals surface area contributed by atoms with Crippen molar-refractivity contribution >= 4 is 5.78 Å². The van der Waals surface area contributed by atoms with Crippen molar-refractivity contribution in [2.75, 3.05) is 7.11 Å². The SMILES string of the molecule is CCc1ccc(C(=O)C(C#N)c2ccc(OC)cc2)o1. The van der Waals surface area contributed by atoms with Gasteiger partial charge in [-0.1, -0.05) is 19.1 Å². The normalized spacial score (nSPS) is 11.7. The lowest BCUT2D eigenvalue weighted by Gasteiger charge is -2.07. The number of nitrogens with zero attached hydrogens (tertiary/aromatic N) is 1. The first-order valence-electron chi connectivity index (χ1n) is 6.36. The smallest absolute Gasteiger partial charge is 0.219 e. The van der Waals surface area contributed by atoms with Gasteiger partial charge in [0.1, 0.15) is 17.4 Å². The van der Waals surface area contributed by atoms with Crippen molar-refractivity contribution in [1.82, 2.24) is 0 Å². The Balaban J connectivity index is 2.27. The number of nitriles is 1. The molecule has 0 aliphatic heterocycles. The van der Waals surface area contributed by atoms with Gasteiger partial charge in [0.25, 0.3) is 0 Å². The maximum Gasteiger partial charge on any atom is 0.219 e. The minimum atomic E-state index is -0.864. The van der Waals surface area contributed by atoms with Gasteiger partial charge in [0.05, 0.1) is 13.2 Å². The molecule has 2 rings (SSSR count). The van der Waals surface area contributed by atoms with Crippen molar-refractivity contribution in [2.24, 2.45) is 0 Å². The molecule has 4 nitrogen and oxygen atoms in total. The summed E-state index contributed by atoms with van der Waals surface area (Å²) in [6.45, 7) is 1.94. The number of methoxy groups -OCH3 is 1. The van der Waals surface area contributed by atoms with Gasteiger partial charge in [0, 0.05) is 6.42 Å². The second kappa shape index (κ2) is 6.07. The number of rotatable bonds is 5. The molecule has 1 aromatic carbocycles. The van der Waals surface area contributed by atoms with E-state index in [9.17, 15) is 10.1 Å². The van der Waals surface area contributed by atoms with Crippen LogP contribution in [-0.4, -0.2) is 12.9 Å². The zero-order chi connectivity index (χ0) is 14.5. The summed E-state index contributed by atoms with van der Waals surface area (Å²) >= 11 is 0. The van der Waals surface area contributed by atoms with E-state index in [1.165, 1.54) is 0 Å². The molecule has 0 saturated carbocycles. The molecule has 0 saturated heterocycles. The summed E-state index contributed by atoms with van der Waals surface area (Å²) in [4.78, 5) is 12.3. The Morgan fingerprint density at radius 1 is 1.30 bits per heavy atom. The van der Waals surface area contributed by atoms with E-state index in [1.54, 1.807) is 43.5 Å². The van der Waals surface area contributed by atoms with Gasteiger partial charge in [-0.25, -0.2) is 0 Å². The fraction of sp³-hybridized carbons (Fsp3) is 0.250. The molecule has 2 aromatic rings. The van der Waals surface area contributed by atoms with E-state index in [0.29, 0.717) is 17.7 Å². The first-order chi connectivity index (χ1) is 9.69. The predicted octanol–water partition coefficient (Wildman–Crippen LogP) is 3.34. The number of hydrogen-bond acceptors (Lipinski definition) is 4. The number of carbonyl (C=O) groups is 1. The average Bonchev–Trinajstić information content (AvgIpc) is 2.97. The third-order valence-electron chi connectivity index (χ3n) is 3.09. The molecule has 0 amide bonds. The number of Topliss-reactive ketones (excluding diaryl/α,β-unsaturated/α-hetero) is 1. The molecule has 1 heterocycles. The Kier molecular flexibility index (Phi) is 4.21. The Morgan fingerprint density at radius 2 is 2.00 bits per heavy atom. The van der Waals surface area contributed by atoms with Crippen molar-refractivity contribution in [3.8, 4) is 11.8 Å². The number of ether oxygens (including phenoxy) is 1. The molecule has 4 heteroatoms. The Bertz CT molecular complexity index is 634. The largest absolute Gasteiger partial charge is 0.497 e. The van der Waals surface area contributed by atoms with Crippen molar-refractivity contribution < 1.29 is 13.9 Å². The van der Waals surface area contributed by atoms with Crippen LogP contribution in [0.25, 0.3) is 0 Å². The summed E-state index contributed by atoms with van der Waals surface area (Å²) < 4.78 is 10.5. The van der Waals surface area contributed by atoms with Crippen LogP contribution in [-0.2, 0) is 6.42 Å². The summed E-state index contributed by atoms with van der Waals surface area (Å²) in [7, 11) is 1.57. The van der Waals surface area contributed by atoms with Crippen LogP contribution in [0.2, 0.25) is 0 Å². The molecule has 1 aromatic heterocycles. The van der Waals surface area contributed by atoms with Crippen LogP contribution < -0.4 is 4.74 Å². The van der Waals surface area contributed by atoms with Gasteiger partial charge >= 0.3 is 0 Å². The van der Waals surface area contributed by atoms with Gasteiger partial charge in [0.15, 0.2) is 5.76 Å². The Labute approximate surface area is 117 Å². The number of ketones is 1. The van der Waals surface area contributed by atoms with Crippen molar-refractivity contribution in [2.45, 2.75) is 19.3 Å². The zero-order valence-electron chi connectivity index (χ0n) is 11.4. The molecule has 0 fully saturated rings. The van der Waals surface area contributed by atoms with Crippen LogP contribution in [0.4, 0.5) is 0 Å². The molecule has 0 bridgehead atoms. The second-order valence-electron chi connectivity index (χ2n) is 4.32. The lowest BCUT2D eigenvalue weighted by Crippen LogP contribution is -2.10. The lowest BCUT2D eigenvalue weighted by molar-refractivity contribution is 0.0950. The maximum atomic E-state index is 12.3. The quantitative estimate of drug-likeness (QED) is 0.781. The van der Waals surface area contributed by atoms with Crippen LogP contribution >= 0.6 is 0 Å². The molecule has 20 heavy (non-hydrogen) atoms. The monoisotopic (exact) mass is 269 g/mol. The van der Waals surface area contributed by atoms with Gasteiger partial charge in [0.2, 0.25) is 5.78 Å². The molecule has 0 radical (unpaired) electrons. The van der Waals surface area contributed by atoms with E-state index in [-0.39, 0.29) is 11.5 Å². The number of furan rings is 1. The molecular formula is C16H15NO3. The van der Waals surface area contributed by atoms with Crippen molar-refractivity contribution in [1.29, 1.82) is 5.26 Å². The Morgan fingerprint density at radius 3 is 2.50 bits per heavy atom. The van der Waals surface area contributed by atoms with Crippen LogP contribution in [0.1, 0.15) is 34.7 Å². The Hall–Kier alpha value is -2.54. The van der Waals surface area contributed by atoms with E-state index in [4.69, 9.17) is 9.15 Å². The molecule has 1 unspecified atom stereocenters. The van der Waals surface area contributed by atoms with E-state index >= 15 is 0 Å². The highest BCUT2D eigenvalue weighted by Gasteiger charge is 2.24. The van der Waals surface area contributed by atoms with Gasteiger partial charge in [-0.2, -0.15) is 5.26 Å². The predicted molar refractivity (Wildman–Crippen MR) is 73.8 cm³/mol. The van der Waals surface area contributed by atoms with Gasteiger partial charge < -0.3 is 9.15 Å². The minimum Gasteiger partial charge on any atom is -0.497 e. The number of carbonyl (C=O) groups excluding carboxylic acids is 1. The fourth-order valence-electron chi connectivity index (χ4n) is 1.92. The molecule has 102 valence electrons. The van der Waals surface area contributed by atoms with Gasteiger partial charge in [-0.3, -0.25) is 4.79 Å². The zero-order valence-corrected chi connectivity index (χ0v) is 11.4. The van der Waals surface area contributed by atoms with Crippen LogP contribution in [0.5, 0.6) is 5.75 Å². The summed E-state index contributed by atoms with van der Waals surface area (Å²) in [5.41, 5.74) is 0.632. The van der Waals surface area contributed by atoms with Crippen LogP contribution in [0.15, 0.2) is 40.8 Å². The molecule has 0 N–H and O–H groups in total. The first-order valence-corrected chi connectivity index (χ1v) is 6.36. The number of hydrogen-bond donors (Lipinski definition) is 0. The van der Waals surface area contributed by atoms with E-state index < -0.39 is 5.92 Å². The topological polar surface area (TPSA) is 63.2 Å². The van der Waals surface area contributed by atoms with Gasteiger partial charge in [-0.15, -0.1) is 0 Å². The molecular weight excluding hydrogens is 254 g/mol. The van der Waals surface area contributed by atoms with E-state index in [2.05, 4.69) is 0 Å². The van der Waals surface area contributed by atoms with Crippen LogP contribution in [0, 0.1) is 11.3 Å². The highest BCUT2D eigenvalue weighted by molar-refractivity contribution is 6.00. The second-order valence-corrected chi connectivity index (χ2v) is 4.32. The van der Waals surface area contributed by atoms with E-state index in [0.717, 1.165) is 5.76 Å². The van der Waals surface area contributed by atoms with Gasteiger partial charge in [-0.05, 0) is 29.8 Å². The van der Waals surface area contributed by atoms with Crippen LogP contribution in [0.3, 0.4) is 0 Å². The standard InChI is InChI=1S/C16H15NO3/c1-3-12-8-9-15(20-12)16(18)14(10-17)11-4-6-13(19-2)7-5-11/h4-9,14H,3H2,1-2H3. The van der Waals surface area contributed by atoms with Crippen molar-refractivity contribution in [3.05, 3.63) is 53.5 Å². The maximum absolute atomic E-state index is 12.3. The summed E-state index contributed by atoms with van der Waals surface area (Å²) in [5.74, 6) is 0.460. The highest BCUT2D eigenvalue weighted by Crippen LogP contribution is 2.24. The lowest BCUT2D eigenvalue weighted by atomic mass is 9.95. The molecule has 0 aliphatic rings. The van der Waals surface area contributed by atoms with Crippen molar-refractivity contribution in [3.63, 3.8) is 0 Å². The van der Waals surface area contributed by atoms with E-state index in [1.807, 2.05) is 13.0 Å². The third-order valence-corrected chi connectivity index (χ3v) is 3.09. The fourth-order valence-corrected chi connectivity index (χ4v) is 1.92. The number of aryl methyl sites for hydroxylation is 1. The number of benzene rings is 1. The molecule has 0 aliphatic carbocycles. The summed E-state index contributed by atoms with van der Waals surface area (Å²) in [6, 6.07) is 12.3. The third kappa shape index (κ3) is 2.72. The highest BCUT2D eigenvalue weighted by atomic mass is 16.5. The molecule has 1 atom stereocenters. The molecule has 0 spiro atoms. The summed E-state index contributed by atoms with van der Waals surface area (Å²) in [5, 5.41) is 9.26. The first kappa shape index (κ1) is 13.9. The minimum absolute atomic E-state index is 0.226. The average molecular weight is 269 g/mol. The summed E-state index contributed by atoms with van der Waals surface area (Å²) in [6.07, 6.45) is 0.715.